The Bertz CT molecular complexity index is 286. The maximum atomic E-state index is 12.5. The lowest BCUT2D eigenvalue weighted by Crippen LogP contribution is -2.45. The monoisotopic (exact) mass is 238 g/mol. The van der Waals surface area contributed by atoms with E-state index in [9.17, 15) is 4.79 Å². The van der Waals surface area contributed by atoms with Gasteiger partial charge in [0.25, 0.3) is 0 Å². The molecule has 0 aromatic carbocycles. The number of carbonyl (C=O) groups excluding carboxylic acids is 1. The number of rotatable bonds is 4. The van der Waals surface area contributed by atoms with Crippen molar-refractivity contribution in [2.45, 2.75) is 71.0 Å². The van der Waals surface area contributed by atoms with Gasteiger partial charge in [0, 0.05) is 6.54 Å². The minimum absolute atomic E-state index is 0.301. The van der Waals surface area contributed by atoms with Gasteiger partial charge in [0.2, 0.25) is 5.91 Å². The van der Waals surface area contributed by atoms with Crippen LogP contribution >= 0.6 is 0 Å². The van der Waals surface area contributed by atoms with Crippen molar-refractivity contribution in [2.75, 3.05) is 6.54 Å². The largest absolute Gasteiger partial charge is 0.325 e. The minimum Gasteiger partial charge on any atom is -0.325 e. The van der Waals surface area contributed by atoms with Crippen LogP contribution in [0.4, 0.5) is 0 Å². The van der Waals surface area contributed by atoms with E-state index in [-0.39, 0.29) is 5.54 Å². The number of hydrogen-bond acceptors (Lipinski definition) is 2. The Kier molecular flexibility index (Phi) is 3.76. The fourth-order valence-electron chi connectivity index (χ4n) is 3.29. The third kappa shape index (κ3) is 2.22. The predicted octanol–water partition coefficient (Wildman–Crippen LogP) is 2.51. The predicted molar refractivity (Wildman–Crippen MR) is 69.6 cm³/mol. The summed E-state index contributed by atoms with van der Waals surface area (Å²) in [6.45, 7) is 7.22. The maximum Gasteiger partial charge on any atom is 0.243 e. The molecule has 1 aliphatic heterocycles. The Morgan fingerprint density at radius 2 is 2.00 bits per heavy atom. The maximum absolute atomic E-state index is 12.5. The van der Waals surface area contributed by atoms with Crippen LogP contribution < -0.4 is 5.32 Å². The van der Waals surface area contributed by atoms with E-state index in [0.29, 0.717) is 18.0 Å². The van der Waals surface area contributed by atoms with Crippen molar-refractivity contribution >= 4 is 5.91 Å². The van der Waals surface area contributed by atoms with Crippen molar-refractivity contribution in [1.29, 1.82) is 0 Å². The average molecular weight is 238 g/mol. The number of nitrogens with one attached hydrogen (secondary N) is 1. The van der Waals surface area contributed by atoms with Gasteiger partial charge >= 0.3 is 0 Å². The Hall–Kier alpha value is -0.570. The summed E-state index contributed by atoms with van der Waals surface area (Å²) in [4.78, 5) is 14.6. The van der Waals surface area contributed by atoms with Crippen LogP contribution in [0.3, 0.4) is 0 Å². The summed E-state index contributed by atoms with van der Waals surface area (Å²) in [5.74, 6) is 0.998. The first kappa shape index (κ1) is 12.9. The molecule has 2 rings (SSSR count). The zero-order chi connectivity index (χ0) is 12.5. The Morgan fingerprint density at radius 3 is 2.53 bits per heavy atom. The van der Waals surface area contributed by atoms with Gasteiger partial charge in [-0.1, -0.05) is 26.7 Å². The van der Waals surface area contributed by atoms with Crippen LogP contribution in [0.1, 0.15) is 59.3 Å². The molecule has 2 unspecified atom stereocenters. The molecule has 1 amide bonds. The fourth-order valence-corrected chi connectivity index (χ4v) is 3.29. The summed E-state index contributed by atoms with van der Waals surface area (Å²) in [5.41, 5.74) is -0.317. The van der Waals surface area contributed by atoms with Crippen LogP contribution in [0, 0.1) is 5.92 Å². The molecule has 1 N–H and O–H groups in total. The highest BCUT2D eigenvalue weighted by Gasteiger charge is 2.48. The van der Waals surface area contributed by atoms with Gasteiger partial charge in [0.1, 0.15) is 0 Å². The van der Waals surface area contributed by atoms with Gasteiger partial charge in [-0.25, -0.2) is 0 Å². The molecule has 2 aliphatic rings. The first-order chi connectivity index (χ1) is 8.12. The summed E-state index contributed by atoms with van der Waals surface area (Å²) < 4.78 is 0. The normalized spacial score (nSPS) is 34.9. The Labute approximate surface area is 105 Å². The summed E-state index contributed by atoms with van der Waals surface area (Å²) in [6, 6.07) is 0. The van der Waals surface area contributed by atoms with Crippen LogP contribution in [-0.4, -0.2) is 29.1 Å². The van der Waals surface area contributed by atoms with Crippen molar-refractivity contribution in [3.8, 4) is 0 Å². The second-order valence-electron chi connectivity index (χ2n) is 5.82. The molecule has 1 aliphatic carbocycles. The third-order valence-electron chi connectivity index (χ3n) is 4.55. The van der Waals surface area contributed by atoms with Gasteiger partial charge in [-0.15, -0.1) is 0 Å². The first-order valence-corrected chi connectivity index (χ1v) is 7.21. The van der Waals surface area contributed by atoms with Crippen LogP contribution in [0.25, 0.3) is 0 Å². The van der Waals surface area contributed by atoms with Crippen LogP contribution in [-0.2, 0) is 4.79 Å². The van der Waals surface area contributed by atoms with E-state index in [1.54, 1.807) is 0 Å². The number of nitrogens with zero attached hydrogens (tertiary/aromatic N) is 1. The van der Waals surface area contributed by atoms with E-state index in [4.69, 9.17) is 0 Å². The molecular formula is C14H26N2O. The summed E-state index contributed by atoms with van der Waals surface area (Å²) in [5, 5.41) is 3.62. The first-order valence-electron chi connectivity index (χ1n) is 7.21. The van der Waals surface area contributed by atoms with Crippen LogP contribution in [0.5, 0.6) is 0 Å². The number of carbonyl (C=O) groups is 1. The Balaban J connectivity index is 2.15. The minimum atomic E-state index is -0.317. The van der Waals surface area contributed by atoms with Crippen molar-refractivity contribution in [1.82, 2.24) is 10.2 Å². The molecule has 0 radical (unpaired) electrons. The van der Waals surface area contributed by atoms with Crippen molar-refractivity contribution in [3.63, 3.8) is 0 Å². The van der Waals surface area contributed by atoms with Gasteiger partial charge in [-0.05, 0) is 38.5 Å². The summed E-state index contributed by atoms with van der Waals surface area (Å²) in [7, 11) is 0. The molecule has 2 fully saturated rings. The van der Waals surface area contributed by atoms with Crippen molar-refractivity contribution < 1.29 is 4.79 Å². The SMILES string of the molecule is CCCN1C(=O)C(C)(CC)NC1C1CCCC1. The molecule has 17 heavy (non-hydrogen) atoms. The molecule has 98 valence electrons. The van der Waals surface area contributed by atoms with Crippen LogP contribution in [0.15, 0.2) is 0 Å². The van der Waals surface area contributed by atoms with Gasteiger partial charge in [-0.2, -0.15) is 0 Å². The quantitative estimate of drug-likeness (QED) is 0.816. The molecule has 1 saturated heterocycles. The highest BCUT2D eigenvalue weighted by atomic mass is 16.2. The van der Waals surface area contributed by atoms with Crippen molar-refractivity contribution in [3.05, 3.63) is 0 Å². The average Bonchev–Trinajstić information content (AvgIpc) is 2.92. The molecule has 1 heterocycles. The smallest absolute Gasteiger partial charge is 0.243 e. The molecule has 0 bridgehead atoms. The topological polar surface area (TPSA) is 32.3 Å². The highest BCUT2D eigenvalue weighted by Crippen LogP contribution is 2.35. The van der Waals surface area contributed by atoms with E-state index in [1.165, 1.54) is 25.7 Å². The lowest BCUT2D eigenvalue weighted by molar-refractivity contribution is -0.133. The highest BCUT2D eigenvalue weighted by molar-refractivity contribution is 5.88. The molecule has 3 heteroatoms. The van der Waals surface area contributed by atoms with Gasteiger partial charge in [-0.3, -0.25) is 10.1 Å². The molecule has 0 spiro atoms. The fraction of sp³-hybridized carbons (Fsp3) is 0.929. The molecule has 2 atom stereocenters. The van der Waals surface area contributed by atoms with E-state index < -0.39 is 0 Å². The summed E-state index contributed by atoms with van der Waals surface area (Å²) in [6.07, 6.45) is 7.47. The lowest BCUT2D eigenvalue weighted by Gasteiger charge is -2.28. The zero-order valence-electron chi connectivity index (χ0n) is 11.5. The van der Waals surface area contributed by atoms with Gasteiger partial charge in [0.05, 0.1) is 11.7 Å². The van der Waals surface area contributed by atoms with Gasteiger partial charge in [0.15, 0.2) is 0 Å². The molecule has 3 nitrogen and oxygen atoms in total. The molecule has 0 aromatic heterocycles. The van der Waals surface area contributed by atoms with Gasteiger partial charge < -0.3 is 4.90 Å². The number of hydrogen-bond donors (Lipinski definition) is 1. The Morgan fingerprint density at radius 1 is 1.35 bits per heavy atom. The lowest BCUT2D eigenvalue weighted by atomic mass is 9.99. The summed E-state index contributed by atoms with van der Waals surface area (Å²) >= 11 is 0. The second kappa shape index (κ2) is 4.97. The second-order valence-corrected chi connectivity index (χ2v) is 5.82. The van der Waals surface area contributed by atoms with E-state index >= 15 is 0 Å². The van der Waals surface area contributed by atoms with E-state index in [0.717, 1.165) is 19.4 Å². The zero-order valence-corrected chi connectivity index (χ0v) is 11.5. The third-order valence-corrected chi connectivity index (χ3v) is 4.55. The van der Waals surface area contributed by atoms with E-state index in [1.807, 2.05) is 0 Å². The number of amides is 1. The molecular weight excluding hydrogens is 212 g/mol. The van der Waals surface area contributed by atoms with E-state index in [2.05, 4.69) is 31.0 Å². The van der Waals surface area contributed by atoms with Crippen LogP contribution in [0.2, 0.25) is 0 Å². The standard InChI is InChI=1S/C14H26N2O/c1-4-10-16-12(11-8-6-7-9-11)15-14(3,5-2)13(16)17/h11-12,15H,4-10H2,1-3H3. The van der Waals surface area contributed by atoms with Crippen molar-refractivity contribution in [2.24, 2.45) is 5.92 Å². The molecule has 0 aromatic rings. The molecule has 1 saturated carbocycles.